The Morgan fingerprint density at radius 1 is 1.50 bits per heavy atom. The van der Waals surface area contributed by atoms with Crippen molar-refractivity contribution in [2.24, 2.45) is 5.92 Å². The Labute approximate surface area is 111 Å². The molecule has 0 saturated carbocycles. The van der Waals surface area contributed by atoms with Gasteiger partial charge in [0.2, 0.25) is 5.91 Å². The zero-order valence-electron chi connectivity index (χ0n) is 10.4. The van der Waals surface area contributed by atoms with E-state index in [9.17, 15) is 13.2 Å². The van der Waals surface area contributed by atoms with Gasteiger partial charge in [0.1, 0.15) is 10.9 Å². The van der Waals surface area contributed by atoms with Crippen molar-refractivity contribution in [2.75, 3.05) is 6.54 Å². The van der Waals surface area contributed by atoms with E-state index in [1.807, 2.05) is 13.8 Å². The first kappa shape index (κ1) is 15.0. The summed E-state index contributed by atoms with van der Waals surface area (Å²) in [6.45, 7) is 6.16. The molecule has 1 unspecified atom stereocenters. The van der Waals surface area contributed by atoms with Crippen molar-refractivity contribution in [3.05, 3.63) is 12.4 Å². The number of halogens is 1. The van der Waals surface area contributed by atoms with E-state index in [1.165, 1.54) is 10.9 Å². The number of amides is 1. The molecule has 1 heterocycles. The van der Waals surface area contributed by atoms with Crippen LogP contribution in [0, 0.1) is 5.92 Å². The predicted molar refractivity (Wildman–Crippen MR) is 67.8 cm³/mol. The number of carbonyl (C=O) groups is 1. The largest absolute Gasteiger partial charge is 0.354 e. The van der Waals surface area contributed by atoms with Crippen molar-refractivity contribution in [3.8, 4) is 0 Å². The van der Waals surface area contributed by atoms with E-state index in [0.29, 0.717) is 12.5 Å². The lowest BCUT2D eigenvalue weighted by atomic mass is 10.2. The van der Waals surface area contributed by atoms with Crippen LogP contribution in [0.4, 0.5) is 0 Å². The first-order valence-corrected chi connectivity index (χ1v) is 7.79. The average Bonchev–Trinajstić information content (AvgIpc) is 2.73. The number of aromatic nitrogens is 2. The van der Waals surface area contributed by atoms with Gasteiger partial charge in [-0.25, -0.2) is 8.42 Å². The fraction of sp³-hybridized carbons (Fsp3) is 0.600. The quantitative estimate of drug-likeness (QED) is 0.826. The van der Waals surface area contributed by atoms with Gasteiger partial charge >= 0.3 is 0 Å². The number of hydrogen-bond acceptors (Lipinski definition) is 4. The molecule has 0 aliphatic heterocycles. The molecule has 0 bridgehead atoms. The molecule has 0 aromatic carbocycles. The summed E-state index contributed by atoms with van der Waals surface area (Å²) in [5.74, 6) is 0.128. The second kappa shape index (κ2) is 5.71. The minimum atomic E-state index is -3.81. The number of hydrogen-bond donors (Lipinski definition) is 1. The molecule has 102 valence electrons. The summed E-state index contributed by atoms with van der Waals surface area (Å²) in [6, 6.07) is -0.587. The molecule has 1 rings (SSSR count). The van der Waals surface area contributed by atoms with E-state index in [2.05, 4.69) is 10.4 Å². The van der Waals surface area contributed by atoms with Crippen LogP contribution in [-0.4, -0.2) is 30.7 Å². The van der Waals surface area contributed by atoms with E-state index in [-0.39, 0.29) is 10.8 Å². The normalized spacial score (nSPS) is 13.6. The highest BCUT2D eigenvalue weighted by atomic mass is 35.7. The van der Waals surface area contributed by atoms with Gasteiger partial charge in [0.15, 0.2) is 0 Å². The number of nitrogens with one attached hydrogen (secondary N) is 1. The van der Waals surface area contributed by atoms with Crippen molar-refractivity contribution in [3.63, 3.8) is 0 Å². The van der Waals surface area contributed by atoms with E-state index in [4.69, 9.17) is 10.7 Å². The minimum absolute atomic E-state index is 0.118. The van der Waals surface area contributed by atoms with Crippen LogP contribution in [0.3, 0.4) is 0 Å². The predicted octanol–water partition coefficient (Wildman–Crippen LogP) is 1.14. The lowest BCUT2D eigenvalue weighted by molar-refractivity contribution is -0.124. The maximum absolute atomic E-state index is 11.8. The molecule has 18 heavy (non-hydrogen) atoms. The van der Waals surface area contributed by atoms with Gasteiger partial charge in [0.05, 0.1) is 6.20 Å². The smallest absolute Gasteiger partial charge is 0.264 e. The van der Waals surface area contributed by atoms with E-state index in [0.717, 1.165) is 6.20 Å². The van der Waals surface area contributed by atoms with Crippen LogP contribution < -0.4 is 5.32 Å². The Balaban J connectivity index is 2.76. The summed E-state index contributed by atoms with van der Waals surface area (Å²) in [6.07, 6.45) is 2.36. The summed E-state index contributed by atoms with van der Waals surface area (Å²) in [4.78, 5) is 11.6. The molecule has 1 aromatic heterocycles. The van der Waals surface area contributed by atoms with Gasteiger partial charge in [0, 0.05) is 23.4 Å². The lowest BCUT2D eigenvalue weighted by Gasteiger charge is -2.13. The summed E-state index contributed by atoms with van der Waals surface area (Å²) in [5.41, 5.74) is 0. The molecule has 1 atom stereocenters. The van der Waals surface area contributed by atoms with Crippen LogP contribution in [0.15, 0.2) is 17.3 Å². The Morgan fingerprint density at radius 2 is 2.11 bits per heavy atom. The molecule has 8 heteroatoms. The SMILES string of the molecule is CC(C)CNC(=O)C(C)n1cc(S(=O)(=O)Cl)cn1. The molecule has 1 N–H and O–H groups in total. The third-order valence-corrected chi connectivity index (χ3v) is 3.63. The molecule has 0 radical (unpaired) electrons. The molecule has 0 spiro atoms. The molecule has 0 aliphatic carbocycles. The Hall–Kier alpha value is -1.08. The standard InChI is InChI=1S/C10H16ClN3O3S/c1-7(2)4-12-10(15)8(3)14-6-9(5-13-14)18(11,16)17/h5-8H,4H2,1-3H3,(H,12,15). The van der Waals surface area contributed by atoms with Gasteiger partial charge in [0.25, 0.3) is 9.05 Å². The molecule has 1 amide bonds. The van der Waals surface area contributed by atoms with E-state index in [1.54, 1.807) is 6.92 Å². The maximum atomic E-state index is 11.8. The van der Waals surface area contributed by atoms with Crippen LogP contribution in [0.2, 0.25) is 0 Å². The first-order chi connectivity index (χ1) is 8.21. The van der Waals surface area contributed by atoms with Crippen molar-refractivity contribution in [2.45, 2.75) is 31.7 Å². The van der Waals surface area contributed by atoms with E-state index >= 15 is 0 Å². The molecule has 0 aliphatic rings. The summed E-state index contributed by atoms with van der Waals surface area (Å²) in [5, 5.41) is 6.57. The lowest BCUT2D eigenvalue weighted by Crippen LogP contribution is -2.33. The molecule has 0 fully saturated rings. The zero-order chi connectivity index (χ0) is 13.9. The maximum Gasteiger partial charge on any atom is 0.264 e. The number of carbonyl (C=O) groups excluding carboxylic acids is 1. The summed E-state index contributed by atoms with van der Waals surface area (Å²) in [7, 11) is 1.37. The highest BCUT2D eigenvalue weighted by Gasteiger charge is 2.19. The third-order valence-electron chi connectivity index (χ3n) is 2.32. The highest BCUT2D eigenvalue weighted by Crippen LogP contribution is 2.15. The fourth-order valence-electron chi connectivity index (χ4n) is 1.23. The second-order valence-corrected chi connectivity index (χ2v) is 6.97. The summed E-state index contributed by atoms with van der Waals surface area (Å²) >= 11 is 0. The van der Waals surface area contributed by atoms with Crippen molar-refractivity contribution in [1.82, 2.24) is 15.1 Å². The minimum Gasteiger partial charge on any atom is -0.354 e. The van der Waals surface area contributed by atoms with Crippen molar-refractivity contribution >= 4 is 25.6 Å². The van der Waals surface area contributed by atoms with Crippen molar-refractivity contribution < 1.29 is 13.2 Å². The van der Waals surface area contributed by atoms with Crippen LogP contribution in [0.25, 0.3) is 0 Å². The van der Waals surface area contributed by atoms with Gasteiger partial charge in [-0.2, -0.15) is 5.10 Å². The number of rotatable bonds is 5. The summed E-state index contributed by atoms with van der Waals surface area (Å²) < 4.78 is 23.4. The molecule has 0 saturated heterocycles. The third kappa shape index (κ3) is 3.99. The van der Waals surface area contributed by atoms with Crippen LogP contribution in [0.1, 0.15) is 26.8 Å². The average molecular weight is 294 g/mol. The Bertz CT molecular complexity index is 524. The molecular formula is C10H16ClN3O3S. The highest BCUT2D eigenvalue weighted by molar-refractivity contribution is 8.13. The zero-order valence-corrected chi connectivity index (χ0v) is 12.0. The van der Waals surface area contributed by atoms with Crippen molar-refractivity contribution in [1.29, 1.82) is 0 Å². The van der Waals surface area contributed by atoms with Gasteiger partial charge in [-0.1, -0.05) is 13.8 Å². The molecule has 1 aromatic rings. The number of nitrogens with zero attached hydrogens (tertiary/aromatic N) is 2. The second-order valence-electron chi connectivity index (χ2n) is 4.41. The van der Waals surface area contributed by atoms with Crippen LogP contribution in [-0.2, 0) is 13.8 Å². The monoisotopic (exact) mass is 293 g/mol. The topological polar surface area (TPSA) is 81.1 Å². The first-order valence-electron chi connectivity index (χ1n) is 5.48. The fourth-order valence-corrected chi connectivity index (χ4v) is 1.88. The van der Waals surface area contributed by atoms with Gasteiger partial charge in [-0.3, -0.25) is 9.48 Å². The molecule has 6 nitrogen and oxygen atoms in total. The van der Waals surface area contributed by atoms with Gasteiger partial charge in [-0.05, 0) is 12.8 Å². The van der Waals surface area contributed by atoms with Gasteiger partial charge < -0.3 is 5.32 Å². The van der Waals surface area contributed by atoms with Gasteiger partial charge in [-0.15, -0.1) is 0 Å². The Morgan fingerprint density at radius 3 is 2.56 bits per heavy atom. The van der Waals surface area contributed by atoms with E-state index < -0.39 is 15.1 Å². The molecular weight excluding hydrogens is 278 g/mol. The van der Waals surface area contributed by atoms with Crippen LogP contribution in [0.5, 0.6) is 0 Å². The Kier molecular flexibility index (Phi) is 4.75. The van der Waals surface area contributed by atoms with Crippen LogP contribution >= 0.6 is 10.7 Å².